The highest BCUT2D eigenvalue weighted by atomic mass is 79.9. The lowest BCUT2D eigenvalue weighted by atomic mass is 9.78. The van der Waals surface area contributed by atoms with Crippen molar-refractivity contribution in [3.05, 3.63) is 22.4 Å². The van der Waals surface area contributed by atoms with E-state index in [1.54, 1.807) is 6.07 Å². The highest BCUT2D eigenvalue weighted by Gasteiger charge is 2.27. The number of hydrogen-bond acceptors (Lipinski definition) is 2. The largest absolute Gasteiger partial charge is 0.397 e. The summed E-state index contributed by atoms with van der Waals surface area (Å²) in [6.07, 6.45) is 3.69. The van der Waals surface area contributed by atoms with Gasteiger partial charge in [0.25, 0.3) is 0 Å². The molecule has 0 amide bonds. The highest BCUT2D eigenvalue weighted by Crippen LogP contribution is 2.34. The van der Waals surface area contributed by atoms with E-state index < -0.39 is 0 Å². The van der Waals surface area contributed by atoms with E-state index in [1.165, 1.54) is 18.9 Å². The molecule has 0 heterocycles. The smallest absolute Gasteiger partial charge is 0.139 e. The summed E-state index contributed by atoms with van der Waals surface area (Å²) < 4.78 is 13.8. The van der Waals surface area contributed by atoms with Crippen molar-refractivity contribution in [1.82, 2.24) is 0 Å². The lowest BCUT2D eigenvalue weighted by Crippen LogP contribution is -2.35. The molecule has 0 bridgehead atoms. The summed E-state index contributed by atoms with van der Waals surface area (Å²) in [7, 11) is 0. The molecule has 0 saturated heterocycles. The van der Waals surface area contributed by atoms with Gasteiger partial charge in [0.05, 0.1) is 15.8 Å². The van der Waals surface area contributed by atoms with Gasteiger partial charge in [-0.25, -0.2) is 4.39 Å². The quantitative estimate of drug-likeness (QED) is 0.794. The van der Waals surface area contributed by atoms with Crippen molar-refractivity contribution in [2.45, 2.75) is 39.2 Å². The maximum Gasteiger partial charge on any atom is 0.139 e. The summed E-state index contributed by atoms with van der Waals surface area (Å²) in [5.74, 6) is 1.02. The molecule has 1 aliphatic rings. The van der Waals surface area contributed by atoms with Gasteiger partial charge in [-0.2, -0.15) is 0 Å². The molecule has 1 saturated carbocycles. The maximum atomic E-state index is 13.3. The number of hydrogen-bond donors (Lipinski definition) is 2. The van der Waals surface area contributed by atoms with E-state index in [-0.39, 0.29) is 5.82 Å². The van der Waals surface area contributed by atoms with E-state index in [4.69, 9.17) is 5.73 Å². The molecule has 2 nitrogen and oxygen atoms in total. The summed E-state index contributed by atoms with van der Waals surface area (Å²) >= 11 is 3.20. The third-order valence-electron chi connectivity index (χ3n) is 4.14. The first-order valence-corrected chi connectivity index (χ1v) is 7.29. The maximum absolute atomic E-state index is 13.3. The van der Waals surface area contributed by atoms with Gasteiger partial charge in [-0.15, -0.1) is 0 Å². The first-order valence-electron chi connectivity index (χ1n) is 6.50. The Morgan fingerprint density at radius 3 is 2.78 bits per heavy atom. The van der Waals surface area contributed by atoms with Gasteiger partial charge in [0.1, 0.15) is 5.82 Å². The fourth-order valence-electron chi connectivity index (χ4n) is 2.67. The lowest BCUT2D eigenvalue weighted by molar-refractivity contribution is 0.253. The van der Waals surface area contributed by atoms with Crippen LogP contribution >= 0.6 is 15.9 Å². The second kappa shape index (κ2) is 5.47. The van der Waals surface area contributed by atoms with Gasteiger partial charge in [0.2, 0.25) is 0 Å². The average Bonchev–Trinajstić information content (AvgIpc) is 2.32. The van der Waals surface area contributed by atoms with Gasteiger partial charge in [-0.3, -0.25) is 0 Å². The Morgan fingerprint density at radius 1 is 1.33 bits per heavy atom. The summed E-state index contributed by atoms with van der Waals surface area (Å²) in [6.45, 7) is 4.57. The Hall–Kier alpha value is -0.770. The predicted octanol–water partition coefficient (Wildman–Crippen LogP) is 4.41. The van der Waals surface area contributed by atoms with Crippen molar-refractivity contribution in [3.63, 3.8) is 0 Å². The number of halogens is 2. The van der Waals surface area contributed by atoms with Gasteiger partial charge in [0, 0.05) is 12.1 Å². The zero-order valence-corrected chi connectivity index (χ0v) is 12.4. The van der Waals surface area contributed by atoms with E-state index in [0.717, 1.165) is 18.0 Å². The molecule has 4 heteroatoms. The summed E-state index contributed by atoms with van der Waals surface area (Å²) in [6, 6.07) is 3.52. The van der Waals surface area contributed by atoms with Crippen LogP contribution in [0.5, 0.6) is 0 Å². The van der Waals surface area contributed by atoms with Crippen LogP contribution in [0.4, 0.5) is 15.8 Å². The second-order valence-electron chi connectivity index (χ2n) is 5.37. The van der Waals surface area contributed by atoms with Crippen LogP contribution in [0.2, 0.25) is 0 Å². The van der Waals surface area contributed by atoms with Crippen LogP contribution in [0.1, 0.15) is 33.1 Å². The van der Waals surface area contributed by atoms with E-state index in [0.29, 0.717) is 22.1 Å². The van der Waals surface area contributed by atoms with Crippen molar-refractivity contribution < 1.29 is 4.39 Å². The number of rotatable bonds is 2. The number of benzene rings is 1. The molecule has 3 atom stereocenters. The number of nitrogens with one attached hydrogen (secondary N) is 1. The first kappa shape index (κ1) is 13.7. The van der Waals surface area contributed by atoms with E-state index in [9.17, 15) is 4.39 Å². The molecule has 0 radical (unpaired) electrons. The van der Waals surface area contributed by atoms with Gasteiger partial charge >= 0.3 is 0 Å². The van der Waals surface area contributed by atoms with Crippen LogP contribution < -0.4 is 11.1 Å². The van der Waals surface area contributed by atoms with Crippen molar-refractivity contribution in [3.8, 4) is 0 Å². The highest BCUT2D eigenvalue weighted by molar-refractivity contribution is 9.10. The zero-order chi connectivity index (χ0) is 13.3. The molecule has 100 valence electrons. The topological polar surface area (TPSA) is 38.0 Å². The van der Waals surface area contributed by atoms with Crippen LogP contribution in [-0.4, -0.2) is 6.04 Å². The molecule has 1 aliphatic carbocycles. The minimum atomic E-state index is -0.317. The third-order valence-corrected chi connectivity index (χ3v) is 4.75. The monoisotopic (exact) mass is 314 g/mol. The normalized spacial score (nSPS) is 28.1. The summed E-state index contributed by atoms with van der Waals surface area (Å²) in [5.41, 5.74) is 7.17. The molecule has 18 heavy (non-hydrogen) atoms. The van der Waals surface area contributed by atoms with E-state index in [1.807, 2.05) is 0 Å². The lowest BCUT2D eigenvalue weighted by Gasteiger charge is -2.35. The van der Waals surface area contributed by atoms with E-state index in [2.05, 4.69) is 35.1 Å². The predicted molar refractivity (Wildman–Crippen MR) is 78.1 cm³/mol. The molecule has 2 rings (SSSR count). The molecule has 0 aliphatic heterocycles. The van der Waals surface area contributed by atoms with Gasteiger partial charge in [-0.1, -0.05) is 26.7 Å². The molecular formula is C14H20BrFN2. The Bertz CT molecular complexity index is 436. The molecule has 0 spiro atoms. The van der Waals surface area contributed by atoms with Crippen molar-refractivity contribution in [2.24, 2.45) is 11.8 Å². The van der Waals surface area contributed by atoms with Crippen molar-refractivity contribution >= 4 is 27.3 Å². The number of anilines is 2. The Morgan fingerprint density at radius 2 is 2.06 bits per heavy atom. The Kier molecular flexibility index (Phi) is 4.15. The molecular weight excluding hydrogens is 295 g/mol. The molecule has 3 unspecified atom stereocenters. The molecule has 1 fully saturated rings. The van der Waals surface area contributed by atoms with E-state index >= 15 is 0 Å². The molecule has 1 aromatic rings. The van der Waals surface area contributed by atoms with Crippen LogP contribution in [0, 0.1) is 17.7 Å². The fourth-order valence-corrected chi connectivity index (χ4v) is 3.02. The minimum Gasteiger partial charge on any atom is -0.397 e. The summed E-state index contributed by atoms with van der Waals surface area (Å²) in [4.78, 5) is 0. The Labute approximate surface area is 116 Å². The summed E-state index contributed by atoms with van der Waals surface area (Å²) in [5, 5.41) is 3.48. The second-order valence-corrected chi connectivity index (χ2v) is 6.23. The van der Waals surface area contributed by atoms with Gasteiger partial charge < -0.3 is 11.1 Å². The first-order chi connectivity index (χ1) is 8.49. The zero-order valence-electron chi connectivity index (χ0n) is 10.8. The van der Waals surface area contributed by atoms with Crippen molar-refractivity contribution in [2.75, 3.05) is 11.1 Å². The fraction of sp³-hybridized carbons (Fsp3) is 0.571. The van der Waals surface area contributed by atoms with Crippen LogP contribution in [-0.2, 0) is 0 Å². The standard InChI is InChI=1S/C14H20BrFN2/c1-8-4-3-5-13(9(8)2)18-14-6-10(15)11(16)7-12(14)17/h6-9,13,18H,3-5,17H2,1-2H3. The van der Waals surface area contributed by atoms with Crippen LogP contribution in [0.25, 0.3) is 0 Å². The SMILES string of the molecule is CC1CCCC(Nc2cc(Br)c(F)cc2N)C1C. The Balaban J connectivity index is 2.16. The van der Waals surface area contributed by atoms with Gasteiger partial charge in [0.15, 0.2) is 0 Å². The van der Waals surface area contributed by atoms with Crippen LogP contribution in [0.15, 0.2) is 16.6 Å². The number of nitrogen functional groups attached to an aromatic ring is 1. The molecule has 0 aromatic heterocycles. The minimum absolute atomic E-state index is 0.317. The number of nitrogens with two attached hydrogens (primary N) is 1. The molecule has 3 N–H and O–H groups in total. The van der Waals surface area contributed by atoms with Gasteiger partial charge in [-0.05, 0) is 40.3 Å². The molecule has 1 aromatic carbocycles. The third kappa shape index (κ3) is 2.79. The van der Waals surface area contributed by atoms with Crippen molar-refractivity contribution in [1.29, 1.82) is 0 Å². The van der Waals surface area contributed by atoms with Crippen LogP contribution in [0.3, 0.4) is 0 Å². The average molecular weight is 315 g/mol.